The van der Waals surface area contributed by atoms with Gasteiger partial charge in [0.05, 0.1) is 0 Å². The molecule has 2 heterocycles. The maximum atomic E-state index is 10.9. The highest BCUT2D eigenvalue weighted by molar-refractivity contribution is 6.71. The van der Waals surface area contributed by atoms with E-state index in [9.17, 15) is 9.59 Å². The van der Waals surface area contributed by atoms with E-state index < -0.39 is 11.8 Å². The molecule has 0 unspecified atom stereocenters. The molecule has 6 nitrogen and oxygen atoms in total. The first-order valence-corrected chi connectivity index (χ1v) is 3.11. The molecule has 0 saturated carbocycles. The van der Waals surface area contributed by atoms with Crippen LogP contribution in [0.5, 0.6) is 0 Å². The van der Waals surface area contributed by atoms with Crippen molar-refractivity contribution in [3.63, 3.8) is 0 Å². The molecule has 0 saturated heterocycles. The van der Waals surface area contributed by atoms with Gasteiger partial charge in [0.1, 0.15) is 5.71 Å². The van der Waals surface area contributed by atoms with E-state index in [0.717, 1.165) is 0 Å². The van der Waals surface area contributed by atoms with E-state index in [1.165, 1.54) is 12.2 Å². The zero-order chi connectivity index (χ0) is 8.55. The number of nitrogens with zero attached hydrogens (tertiary/aromatic N) is 4. The summed E-state index contributed by atoms with van der Waals surface area (Å²) in [5, 5.41) is 9.84. The average Bonchev–Trinajstić information content (AvgIpc) is 2.07. The zero-order valence-electron chi connectivity index (χ0n) is 5.76. The zero-order valence-corrected chi connectivity index (χ0v) is 5.76. The molecular formula is C6H2N4O2. The van der Waals surface area contributed by atoms with Gasteiger partial charge < -0.3 is 0 Å². The highest BCUT2D eigenvalue weighted by atomic mass is 16.2. The Kier molecular flexibility index (Phi) is 1.26. The van der Waals surface area contributed by atoms with Gasteiger partial charge in [0, 0.05) is 6.08 Å². The molecule has 2 aliphatic heterocycles. The van der Waals surface area contributed by atoms with Crippen LogP contribution in [0.4, 0.5) is 0 Å². The van der Waals surface area contributed by atoms with Gasteiger partial charge >= 0.3 is 5.91 Å². The second kappa shape index (κ2) is 2.26. The van der Waals surface area contributed by atoms with E-state index >= 15 is 0 Å². The molecule has 0 aromatic rings. The van der Waals surface area contributed by atoms with E-state index in [0.29, 0.717) is 0 Å². The maximum absolute atomic E-state index is 10.9. The van der Waals surface area contributed by atoms with Crippen LogP contribution >= 0.6 is 0 Å². The standard InChI is InChI=1S/C6H2N4O2/c11-4-2-1-3-5(7-4)6(12)9-10-8-3/h1-2H. The Balaban J connectivity index is 2.53. The summed E-state index contributed by atoms with van der Waals surface area (Å²) in [5.41, 5.74) is 0.257. The first-order valence-electron chi connectivity index (χ1n) is 3.11. The molecule has 0 fully saturated rings. The van der Waals surface area contributed by atoms with Crippen LogP contribution in [0.3, 0.4) is 0 Å². The Labute approximate surface area is 66.4 Å². The van der Waals surface area contributed by atoms with Crippen LogP contribution in [0.2, 0.25) is 0 Å². The number of fused-ring (bicyclic) bond motifs is 1. The molecule has 6 heteroatoms. The van der Waals surface area contributed by atoms with Crippen molar-refractivity contribution in [1.29, 1.82) is 0 Å². The minimum absolute atomic E-state index is 0.0301. The number of hydrogen-bond donors (Lipinski definition) is 0. The van der Waals surface area contributed by atoms with Gasteiger partial charge in [-0.3, -0.25) is 9.59 Å². The van der Waals surface area contributed by atoms with Crippen LogP contribution in [0.1, 0.15) is 0 Å². The molecule has 0 radical (unpaired) electrons. The van der Waals surface area contributed by atoms with Crippen molar-refractivity contribution in [1.82, 2.24) is 0 Å². The van der Waals surface area contributed by atoms with Gasteiger partial charge in [-0.2, -0.15) is 0 Å². The van der Waals surface area contributed by atoms with Crippen molar-refractivity contribution in [3.05, 3.63) is 12.2 Å². The van der Waals surface area contributed by atoms with Crippen molar-refractivity contribution in [2.24, 2.45) is 20.4 Å². The summed E-state index contributed by atoms with van der Waals surface area (Å²) < 4.78 is 0. The second-order valence-electron chi connectivity index (χ2n) is 2.11. The quantitative estimate of drug-likeness (QED) is 0.497. The lowest BCUT2D eigenvalue weighted by Gasteiger charge is -2.05. The average molecular weight is 162 g/mol. The fourth-order valence-electron chi connectivity index (χ4n) is 0.830. The Bertz CT molecular complexity index is 388. The molecule has 0 bridgehead atoms. The lowest BCUT2D eigenvalue weighted by Crippen LogP contribution is -2.26. The molecule has 2 rings (SSSR count). The number of aliphatic imine (C=N–C) groups is 1. The number of allylic oxidation sites excluding steroid dienone is 1. The van der Waals surface area contributed by atoms with Crippen molar-refractivity contribution < 1.29 is 9.59 Å². The normalized spacial score (nSPS) is 20.3. The minimum Gasteiger partial charge on any atom is -0.267 e. The van der Waals surface area contributed by atoms with E-state index in [1.54, 1.807) is 0 Å². The number of carbonyl (C=O) groups excluding carboxylic acids is 2. The van der Waals surface area contributed by atoms with Crippen molar-refractivity contribution >= 4 is 23.2 Å². The first-order chi connectivity index (χ1) is 5.77. The van der Waals surface area contributed by atoms with E-state index in [-0.39, 0.29) is 11.4 Å². The van der Waals surface area contributed by atoms with Crippen LogP contribution in [-0.4, -0.2) is 23.2 Å². The molecule has 2 aliphatic rings. The molecule has 0 atom stereocenters. The van der Waals surface area contributed by atoms with Crippen molar-refractivity contribution in [3.8, 4) is 0 Å². The second-order valence-corrected chi connectivity index (χ2v) is 2.11. The number of dihydropyridines is 1. The topological polar surface area (TPSA) is 83.6 Å². The van der Waals surface area contributed by atoms with Gasteiger partial charge in [0.25, 0.3) is 5.91 Å². The third-order valence-corrected chi connectivity index (χ3v) is 1.34. The van der Waals surface area contributed by atoms with Crippen LogP contribution in [0.15, 0.2) is 32.6 Å². The van der Waals surface area contributed by atoms with Gasteiger partial charge in [-0.25, -0.2) is 4.99 Å². The summed E-state index contributed by atoms with van der Waals surface area (Å²) in [6.07, 6.45) is 2.61. The smallest absolute Gasteiger partial charge is 0.267 e. The number of carbonyl (C=O) groups is 2. The van der Waals surface area contributed by atoms with Gasteiger partial charge in [0.2, 0.25) is 0 Å². The Morgan fingerprint density at radius 3 is 2.83 bits per heavy atom. The summed E-state index contributed by atoms with van der Waals surface area (Å²) in [4.78, 5) is 25.1. The highest BCUT2D eigenvalue weighted by Crippen LogP contribution is 2.04. The maximum Gasteiger partial charge on any atom is 0.317 e. The number of hydrogen-bond acceptors (Lipinski definition) is 4. The lowest BCUT2D eigenvalue weighted by atomic mass is 10.1. The van der Waals surface area contributed by atoms with Crippen LogP contribution in [0, 0.1) is 0 Å². The lowest BCUT2D eigenvalue weighted by molar-refractivity contribution is -0.115. The van der Waals surface area contributed by atoms with Crippen molar-refractivity contribution in [2.75, 3.05) is 0 Å². The minimum atomic E-state index is -0.627. The Morgan fingerprint density at radius 2 is 2.00 bits per heavy atom. The van der Waals surface area contributed by atoms with Crippen LogP contribution < -0.4 is 0 Å². The summed E-state index contributed by atoms with van der Waals surface area (Å²) in [5.74, 6) is -1.10. The SMILES string of the molecule is O=C1C=CC2=NN=NC(=O)C2=N1. The molecule has 58 valence electrons. The summed E-state index contributed by atoms with van der Waals surface area (Å²) in [6.45, 7) is 0. The van der Waals surface area contributed by atoms with Gasteiger partial charge in [-0.1, -0.05) is 5.11 Å². The van der Waals surface area contributed by atoms with E-state index in [4.69, 9.17) is 0 Å². The first kappa shape index (κ1) is 6.71. The van der Waals surface area contributed by atoms with Gasteiger partial charge in [0.15, 0.2) is 5.71 Å². The summed E-state index contributed by atoms with van der Waals surface area (Å²) in [6, 6.07) is 0. The Morgan fingerprint density at radius 1 is 1.17 bits per heavy atom. The monoisotopic (exact) mass is 162 g/mol. The molecule has 0 aromatic carbocycles. The molecule has 0 aromatic heterocycles. The summed E-state index contributed by atoms with van der Waals surface area (Å²) in [7, 11) is 0. The van der Waals surface area contributed by atoms with Gasteiger partial charge in [-0.05, 0) is 11.3 Å². The number of amides is 2. The predicted molar refractivity (Wildman–Crippen MR) is 38.9 cm³/mol. The Hall–Kier alpha value is -1.98. The molecule has 0 N–H and O–H groups in total. The predicted octanol–water partition coefficient (Wildman–Crippen LogP) is -0.128. The highest BCUT2D eigenvalue weighted by Gasteiger charge is 2.23. The fraction of sp³-hybridized carbons (Fsp3) is 0. The van der Waals surface area contributed by atoms with E-state index in [1.807, 2.05) is 0 Å². The van der Waals surface area contributed by atoms with Crippen LogP contribution in [-0.2, 0) is 9.59 Å². The largest absolute Gasteiger partial charge is 0.317 e. The molecule has 0 aliphatic carbocycles. The van der Waals surface area contributed by atoms with E-state index in [2.05, 4.69) is 20.4 Å². The molecule has 12 heavy (non-hydrogen) atoms. The fourth-order valence-corrected chi connectivity index (χ4v) is 0.830. The van der Waals surface area contributed by atoms with Crippen LogP contribution in [0.25, 0.3) is 0 Å². The molecule has 0 spiro atoms. The third-order valence-electron chi connectivity index (χ3n) is 1.34. The van der Waals surface area contributed by atoms with Gasteiger partial charge in [-0.15, -0.1) is 5.10 Å². The third kappa shape index (κ3) is 0.895. The molecule has 2 amide bonds. The summed E-state index contributed by atoms with van der Waals surface area (Å²) >= 11 is 0. The number of rotatable bonds is 0. The molecular weight excluding hydrogens is 160 g/mol. The van der Waals surface area contributed by atoms with Crippen molar-refractivity contribution in [2.45, 2.75) is 0 Å².